The number of oxazole rings is 1. The molecule has 3 heteroatoms. The Morgan fingerprint density at radius 3 is 2.79 bits per heavy atom. The monoisotopic (exact) mass is 211 g/mol. The number of hydrogen-bond acceptors (Lipinski definition) is 2. The molecule has 0 saturated heterocycles. The summed E-state index contributed by atoms with van der Waals surface area (Å²) in [5.74, 6) is 2.73. The molecular weight excluding hydrogens is 198 g/mol. The van der Waals surface area contributed by atoms with E-state index in [0.717, 1.165) is 5.76 Å². The van der Waals surface area contributed by atoms with Gasteiger partial charge in [0, 0.05) is 5.92 Å². The second-order valence-corrected chi connectivity index (χ2v) is 5.02. The third-order valence-corrected chi connectivity index (χ3v) is 4.09. The SMILES string of the molecule is ClCc1ncc(C2CC3(CCC3)C2)o1. The summed E-state index contributed by atoms with van der Waals surface area (Å²) >= 11 is 5.64. The number of aromatic nitrogens is 1. The Bertz CT molecular complexity index is 335. The Morgan fingerprint density at radius 2 is 2.29 bits per heavy atom. The minimum atomic E-state index is 0.387. The van der Waals surface area contributed by atoms with E-state index in [0.29, 0.717) is 23.1 Å². The molecule has 0 bridgehead atoms. The van der Waals surface area contributed by atoms with E-state index in [1.807, 2.05) is 6.20 Å². The fraction of sp³-hybridized carbons (Fsp3) is 0.727. The third-order valence-electron chi connectivity index (χ3n) is 3.86. The van der Waals surface area contributed by atoms with E-state index in [-0.39, 0.29) is 0 Å². The van der Waals surface area contributed by atoms with E-state index in [1.165, 1.54) is 32.1 Å². The molecule has 1 aromatic rings. The topological polar surface area (TPSA) is 26.0 Å². The largest absolute Gasteiger partial charge is 0.444 e. The molecule has 2 saturated carbocycles. The molecule has 2 nitrogen and oxygen atoms in total. The van der Waals surface area contributed by atoms with Crippen molar-refractivity contribution in [2.45, 2.75) is 43.9 Å². The van der Waals surface area contributed by atoms with Crippen molar-refractivity contribution < 1.29 is 4.42 Å². The van der Waals surface area contributed by atoms with Crippen molar-refractivity contribution in [2.75, 3.05) is 0 Å². The lowest BCUT2D eigenvalue weighted by Gasteiger charge is -2.53. The summed E-state index contributed by atoms with van der Waals surface area (Å²) in [7, 11) is 0. The van der Waals surface area contributed by atoms with Gasteiger partial charge in [0.15, 0.2) is 0 Å². The van der Waals surface area contributed by atoms with Crippen LogP contribution in [0.15, 0.2) is 10.6 Å². The minimum Gasteiger partial charge on any atom is -0.444 e. The normalized spacial score (nSPS) is 24.6. The average Bonchev–Trinajstić information content (AvgIpc) is 2.47. The number of rotatable bonds is 2. The van der Waals surface area contributed by atoms with Gasteiger partial charge >= 0.3 is 0 Å². The molecule has 0 radical (unpaired) electrons. The van der Waals surface area contributed by atoms with Crippen LogP contribution in [0.4, 0.5) is 0 Å². The van der Waals surface area contributed by atoms with Crippen molar-refractivity contribution in [2.24, 2.45) is 5.41 Å². The summed E-state index contributed by atoms with van der Waals surface area (Å²) in [6, 6.07) is 0. The maximum absolute atomic E-state index is 5.64. The van der Waals surface area contributed by atoms with Crippen LogP contribution < -0.4 is 0 Å². The quantitative estimate of drug-likeness (QED) is 0.701. The van der Waals surface area contributed by atoms with Crippen molar-refractivity contribution in [3.05, 3.63) is 17.8 Å². The second-order valence-electron chi connectivity index (χ2n) is 4.75. The minimum absolute atomic E-state index is 0.387. The summed E-state index contributed by atoms with van der Waals surface area (Å²) in [5.41, 5.74) is 0.707. The summed E-state index contributed by atoms with van der Waals surface area (Å²) in [6.45, 7) is 0. The molecule has 2 aliphatic rings. The van der Waals surface area contributed by atoms with Gasteiger partial charge in [-0.2, -0.15) is 0 Å². The van der Waals surface area contributed by atoms with Crippen LogP contribution in [-0.4, -0.2) is 4.98 Å². The van der Waals surface area contributed by atoms with Gasteiger partial charge in [0.05, 0.1) is 12.1 Å². The van der Waals surface area contributed by atoms with Crippen LogP contribution in [-0.2, 0) is 5.88 Å². The summed E-state index contributed by atoms with van der Waals surface area (Å²) in [4.78, 5) is 4.13. The van der Waals surface area contributed by atoms with Crippen LogP contribution in [0.25, 0.3) is 0 Å². The van der Waals surface area contributed by atoms with E-state index >= 15 is 0 Å². The molecule has 0 aliphatic heterocycles. The molecule has 3 rings (SSSR count). The maximum atomic E-state index is 5.64. The zero-order valence-electron chi connectivity index (χ0n) is 8.13. The fourth-order valence-corrected chi connectivity index (χ4v) is 2.97. The highest BCUT2D eigenvalue weighted by atomic mass is 35.5. The predicted molar refractivity (Wildman–Crippen MR) is 54.3 cm³/mol. The number of alkyl halides is 1. The third kappa shape index (κ3) is 1.20. The van der Waals surface area contributed by atoms with Crippen LogP contribution >= 0.6 is 11.6 Å². The lowest BCUT2D eigenvalue weighted by atomic mass is 9.51. The molecule has 0 amide bonds. The lowest BCUT2D eigenvalue weighted by Crippen LogP contribution is -2.41. The summed E-state index contributed by atoms with van der Waals surface area (Å²) in [5, 5.41) is 0. The zero-order chi connectivity index (χ0) is 9.60. The molecular formula is C11H14ClNO. The van der Waals surface area contributed by atoms with Crippen molar-refractivity contribution in [3.8, 4) is 0 Å². The highest BCUT2D eigenvalue weighted by molar-refractivity contribution is 6.16. The first-order valence-electron chi connectivity index (χ1n) is 5.32. The Balaban J connectivity index is 1.67. The van der Waals surface area contributed by atoms with Crippen molar-refractivity contribution in [1.29, 1.82) is 0 Å². The van der Waals surface area contributed by atoms with Gasteiger partial charge in [-0.1, -0.05) is 6.42 Å². The van der Waals surface area contributed by atoms with Gasteiger partial charge in [-0.05, 0) is 31.1 Å². The lowest BCUT2D eigenvalue weighted by molar-refractivity contribution is 0.00171. The van der Waals surface area contributed by atoms with Gasteiger partial charge in [-0.25, -0.2) is 4.98 Å². The molecule has 14 heavy (non-hydrogen) atoms. The zero-order valence-corrected chi connectivity index (χ0v) is 8.89. The van der Waals surface area contributed by atoms with Gasteiger partial charge in [0.25, 0.3) is 0 Å². The molecule has 76 valence electrons. The van der Waals surface area contributed by atoms with Gasteiger partial charge in [0.2, 0.25) is 5.89 Å². The Kier molecular flexibility index (Phi) is 1.88. The first-order chi connectivity index (χ1) is 6.81. The molecule has 1 heterocycles. The van der Waals surface area contributed by atoms with E-state index < -0.39 is 0 Å². The Morgan fingerprint density at radius 1 is 1.50 bits per heavy atom. The van der Waals surface area contributed by atoms with Crippen LogP contribution in [0.3, 0.4) is 0 Å². The Hall–Kier alpha value is -0.500. The maximum Gasteiger partial charge on any atom is 0.209 e. The number of halogens is 1. The van der Waals surface area contributed by atoms with E-state index in [9.17, 15) is 0 Å². The molecule has 1 aromatic heterocycles. The van der Waals surface area contributed by atoms with Crippen molar-refractivity contribution in [3.63, 3.8) is 0 Å². The van der Waals surface area contributed by atoms with Gasteiger partial charge in [0.1, 0.15) is 5.76 Å². The van der Waals surface area contributed by atoms with Gasteiger partial charge in [-0.3, -0.25) is 0 Å². The molecule has 2 aliphatic carbocycles. The van der Waals surface area contributed by atoms with Crippen molar-refractivity contribution in [1.82, 2.24) is 4.98 Å². The van der Waals surface area contributed by atoms with Gasteiger partial charge < -0.3 is 4.42 Å². The molecule has 0 aromatic carbocycles. The van der Waals surface area contributed by atoms with Crippen LogP contribution in [0.1, 0.15) is 49.7 Å². The van der Waals surface area contributed by atoms with E-state index in [2.05, 4.69) is 4.98 Å². The van der Waals surface area contributed by atoms with Crippen molar-refractivity contribution >= 4 is 11.6 Å². The first-order valence-corrected chi connectivity index (χ1v) is 5.85. The Labute approximate surface area is 88.7 Å². The predicted octanol–water partition coefficient (Wildman–Crippen LogP) is 3.46. The van der Waals surface area contributed by atoms with E-state index in [1.54, 1.807) is 0 Å². The number of nitrogens with zero attached hydrogens (tertiary/aromatic N) is 1. The average molecular weight is 212 g/mol. The van der Waals surface area contributed by atoms with Crippen LogP contribution in [0.5, 0.6) is 0 Å². The molecule has 0 atom stereocenters. The summed E-state index contributed by atoms with van der Waals surface area (Å²) < 4.78 is 5.56. The second kappa shape index (κ2) is 2.99. The van der Waals surface area contributed by atoms with E-state index in [4.69, 9.17) is 16.0 Å². The van der Waals surface area contributed by atoms with Crippen LogP contribution in [0, 0.1) is 5.41 Å². The summed E-state index contributed by atoms with van der Waals surface area (Å²) in [6.07, 6.45) is 8.76. The molecule has 0 N–H and O–H groups in total. The standard InChI is InChI=1S/C11H14ClNO/c12-6-10-13-7-9(14-10)8-4-11(5-8)2-1-3-11/h7-8H,1-6H2. The highest BCUT2D eigenvalue weighted by Gasteiger charge is 2.49. The van der Waals surface area contributed by atoms with Crippen LogP contribution in [0.2, 0.25) is 0 Å². The smallest absolute Gasteiger partial charge is 0.209 e. The number of hydrogen-bond donors (Lipinski definition) is 0. The highest BCUT2D eigenvalue weighted by Crippen LogP contribution is 2.61. The molecule has 1 spiro atoms. The first kappa shape index (κ1) is 8.78. The van der Waals surface area contributed by atoms with Gasteiger partial charge in [-0.15, -0.1) is 11.6 Å². The fourth-order valence-electron chi connectivity index (χ4n) is 2.85. The molecule has 2 fully saturated rings. The molecule has 0 unspecified atom stereocenters.